The highest BCUT2D eigenvalue weighted by Crippen LogP contribution is 2.14. The summed E-state index contributed by atoms with van der Waals surface area (Å²) in [7, 11) is 0. The maximum atomic E-state index is 11.8. The van der Waals surface area contributed by atoms with Crippen LogP contribution in [0.3, 0.4) is 0 Å². The van der Waals surface area contributed by atoms with Crippen LogP contribution < -0.4 is 10.6 Å². The first-order valence-electron chi connectivity index (χ1n) is 5.44. The number of aliphatic hydroxyl groups is 1. The van der Waals surface area contributed by atoms with Crippen molar-refractivity contribution in [2.45, 2.75) is 20.0 Å². The van der Waals surface area contributed by atoms with Crippen LogP contribution in [0.2, 0.25) is 0 Å². The molecular formula is C12H18N2O2. The van der Waals surface area contributed by atoms with Crippen LogP contribution in [0.4, 0.5) is 5.69 Å². The van der Waals surface area contributed by atoms with E-state index in [4.69, 9.17) is 5.11 Å². The van der Waals surface area contributed by atoms with E-state index in [1.54, 1.807) is 13.0 Å². The van der Waals surface area contributed by atoms with Crippen molar-refractivity contribution >= 4 is 11.6 Å². The highest BCUT2D eigenvalue weighted by Gasteiger charge is 2.10. The zero-order valence-corrected chi connectivity index (χ0v) is 9.66. The number of hydrogen-bond donors (Lipinski definition) is 3. The number of benzene rings is 1. The number of anilines is 1. The molecule has 4 nitrogen and oxygen atoms in total. The van der Waals surface area contributed by atoms with E-state index < -0.39 is 6.10 Å². The van der Waals surface area contributed by atoms with E-state index in [2.05, 4.69) is 10.6 Å². The van der Waals surface area contributed by atoms with E-state index in [1.807, 2.05) is 25.1 Å². The first-order chi connectivity index (χ1) is 7.65. The molecule has 0 aliphatic rings. The van der Waals surface area contributed by atoms with Gasteiger partial charge in [0.2, 0.25) is 0 Å². The van der Waals surface area contributed by atoms with Gasteiger partial charge in [0.05, 0.1) is 11.7 Å². The SMILES string of the molecule is CCNc1ccccc1C(=O)NCC(C)O. The fraction of sp³-hybridized carbons (Fsp3) is 0.417. The molecule has 0 heterocycles. The van der Waals surface area contributed by atoms with Crippen LogP contribution in [0.1, 0.15) is 24.2 Å². The van der Waals surface area contributed by atoms with Crippen molar-refractivity contribution in [3.05, 3.63) is 29.8 Å². The Kier molecular flexibility index (Phi) is 4.79. The van der Waals surface area contributed by atoms with Gasteiger partial charge in [-0.2, -0.15) is 0 Å². The quantitative estimate of drug-likeness (QED) is 0.702. The molecule has 1 rings (SSSR count). The van der Waals surface area contributed by atoms with E-state index in [-0.39, 0.29) is 12.5 Å². The fourth-order valence-electron chi connectivity index (χ4n) is 1.36. The minimum absolute atomic E-state index is 0.169. The van der Waals surface area contributed by atoms with Crippen LogP contribution >= 0.6 is 0 Å². The summed E-state index contributed by atoms with van der Waals surface area (Å²) in [6.45, 7) is 4.64. The Bertz CT molecular complexity index is 351. The van der Waals surface area contributed by atoms with Crippen molar-refractivity contribution in [2.24, 2.45) is 0 Å². The minimum Gasteiger partial charge on any atom is -0.392 e. The van der Waals surface area contributed by atoms with E-state index >= 15 is 0 Å². The number of carbonyl (C=O) groups excluding carboxylic acids is 1. The van der Waals surface area contributed by atoms with Crippen molar-refractivity contribution in [1.82, 2.24) is 5.32 Å². The average molecular weight is 222 g/mol. The topological polar surface area (TPSA) is 61.4 Å². The molecule has 0 bridgehead atoms. The highest BCUT2D eigenvalue weighted by atomic mass is 16.3. The monoisotopic (exact) mass is 222 g/mol. The van der Waals surface area contributed by atoms with E-state index in [1.165, 1.54) is 0 Å². The predicted octanol–water partition coefficient (Wildman–Crippen LogP) is 1.23. The largest absolute Gasteiger partial charge is 0.392 e. The molecule has 16 heavy (non-hydrogen) atoms. The summed E-state index contributed by atoms with van der Waals surface area (Å²) in [6, 6.07) is 7.32. The summed E-state index contributed by atoms with van der Waals surface area (Å²) >= 11 is 0. The lowest BCUT2D eigenvalue weighted by Crippen LogP contribution is -2.31. The van der Waals surface area contributed by atoms with Crippen molar-refractivity contribution in [1.29, 1.82) is 0 Å². The third kappa shape index (κ3) is 3.55. The molecule has 0 aliphatic carbocycles. The van der Waals surface area contributed by atoms with E-state index in [0.717, 1.165) is 12.2 Å². The van der Waals surface area contributed by atoms with Gasteiger partial charge in [-0.15, -0.1) is 0 Å². The number of carbonyl (C=O) groups is 1. The van der Waals surface area contributed by atoms with Gasteiger partial charge in [0.1, 0.15) is 0 Å². The van der Waals surface area contributed by atoms with Crippen molar-refractivity contribution in [3.8, 4) is 0 Å². The number of amides is 1. The Hall–Kier alpha value is -1.55. The fourth-order valence-corrected chi connectivity index (χ4v) is 1.36. The Morgan fingerprint density at radius 2 is 2.12 bits per heavy atom. The number of para-hydroxylation sites is 1. The zero-order chi connectivity index (χ0) is 12.0. The predicted molar refractivity (Wildman–Crippen MR) is 64.6 cm³/mol. The van der Waals surface area contributed by atoms with Crippen molar-refractivity contribution < 1.29 is 9.90 Å². The molecule has 0 radical (unpaired) electrons. The highest BCUT2D eigenvalue weighted by molar-refractivity contribution is 5.99. The lowest BCUT2D eigenvalue weighted by atomic mass is 10.1. The van der Waals surface area contributed by atoms with Crippen LogP contribution in [0.15, 0.2) is 24.3 Å². The van der Waals surface area contributed by atoms with Gasteiger partial charge in [-0.3, -0.25) is 4.79 Å². The van der Waals surface area contributed by atoms with Crippen molar-refractivity contribution in [2.75, 3.05) is 18.4 Å². The Morgan fingerprint density at radius 1 is 1.44 bits per heavy atom. The summed E-state index contributed by atoms with van der Waals surface area (Å²) < 4.78 is 0. The third-order valence-electron chi connectivity index (χ3n) is 2.10. The van der Waals surface area contributed by atoms with Gasteiger partial charge in [0.15, 0.2) is 0 Å². The molecule has 0 saturated heterocycles. The average Bonchev–Trinajstić information content (AvgIpc) is 2.27. The van der Waals surface area contributed by atoms with Crippen LogP contribution in [-0.4, -0.2) is 30.2 Å². The van der Waals surface area contributed by atoms with E-state index in [0.29, 0.717) is 5.56 Å². The zero-order valence-electron chi connectivity index (χ0n) is 9.66. The Morgan fingerprint density at radius 3 is 2.75 bits per heavy atom. The van der Waals surface area contributed by atoms with Crippen LogP contribution in [0.25, 0.3) is 0 Å². The number of hydrogen-bond acceptors (Lipinski definition) is 3. The number of rotatable bonds is 5. The summed E-state index contributed by atoms with van der Waals surface area (Å²) in [5.41, 5.74) is 1.41. The lowest BCUT2D eigenvalue weighted by molar-refractivity contribution is 0.0925. The number of aliphatic hydroxyl groups excluding tert-OH is 1. The Balaban J connectivity index is 2.73. The molecular weight excluding hydrogens is 204 g/mol. The van der Waals surface area contributed by atoms with Gasteiger partial charge in [-0.1, -0.05) is 12.1 Å². The second-order valence-electron chi connectivity index (χ2n) is 3.63. The maximum Gasteiger partial charge on any atom is 0.253 e. The standard InChI is InChI=1S/C12H18N2O2/c1-3-13-11-7-5-4-6-10(11)12(16)14-8-9(2)15/h4-7,9,13,15H,3,8H2,1-2H3,(H,14,16). The van der Waals surface area contributed by atoms with Gasteiger partial charge in [-0.25, -0.2) is 0 Å². The molecule has 4 heteroatoms. The van der Waals surface area contributed by atoms with Gasteiger partial charge in [-0.05, 0) is 26.0 Å². The second-order valence-corrected chi connectivity index (χ2v) is 3.63. The van der Waals surface area contributed by atoms with Crippen molar-refractivity contribution in [3.63, 3.8) is 0 Å². The summed E-state index contributed by atoms with van der Waals surface area (Å²) in [5, 5.41) is 14.9. The first-order valence-corrected chi connectivity index (χ1v) is 5.44. The molecule has 1 unspecified atom stereocenters. The minimum atomic E-state index is -0.532. The van der Waals surface area contributed by atoms with Gasteiger partial charge >= 0.3 is 0 Å². The molecule has 0 aromatic heterocycles. The molecule has 0 fully saturated rings. The first kappa shape index (κ1) is 12.5. The molecule has 0 saturated carbocycles. The molecule has 1 aromatic carbocycles. The molecule has 1 atom stereocenters. The van der Waals surface area contributed by atoms with Gasteiger partial charge in [0, 0.05) is 18.8 Å². The maximum absolute atomic E-state index is 11.8. The molecule has 1 amide bonds. The lowest BCUT2D eigenvalue weighted by Gasteiger charge is -2.11. The van der Waals surface area contributed by atoms with Crippen LogP contribution in [-0.2, 0) is 0 Å². The van der Waals surface area contributed by atoms with E-state index in [9.17, 15) is 4.79 Å². The second kappa shape index (κ2) is 6.12. The molecule has 0 aliphatic heterocycles. The molecule has 1 aromatic rings. The smallest absolute Gasteiger partial charge is 0.253 e. The van der Waals surface area contributed by atoms with Gasteiger partial charge < -0.3 is 15.7 Å². The molecule has 88 valence electrons. The summed E-state index contributed by atoms with van der Waals surface area (Å²) in [6.07, 6.45) is -0.532. The number of nitrogens with one attached hydrogen (secondary N) is 2. The van der Waals surface area contributed by atoms with Crippen LogP contribution in [0.5, 0.6) is 0 Å². The Labute approximate surface area is 95.7 Å². The molecule has 0 spiro atoms. The third-order valence-corrected chi connectivity index (χ3v) is 2.10. The summed E-state index contributed by atoms with van der Waals surface area (Å²) in [5.74, 6) is -0.169. The normalized spacial score (nSPS) is 11.9. The summed E-state index contributed by atoms with van der Waals surface area (Å²) in [4.78, 5) is 11.8. The van der Waals surface area contributed by atoms with Crippen LogP contribution in [0, 0.1) is 0 Å². The van der Waals surface area contributed by atoms with Gasteiger partial charge in [0.25, 0.3) is 5.91 Å². The molecule has 3 N–H and O–H groups in total.